The molecule has 0 atom stereocenters. The number of hydrazone groups is 1. The van der Waals surface area contributed by atoms with Gasteiger partial charge in [-0.1, -0.05) is 18.2 Å². The van der Waals surface area contributed by atoms with E-state index < -0.39 is 6.09 Å². The molecule has 0 saturated carbocycles. The zero-order valence-electron chi connectivity index (χ0n) is 14.7. The summed E-state index contributed by atoms with van der Waals surface area (Å²) in [5.41, 5.74) is 4.64. The molecule has 8 nitrogen and oxygen atoms in total. The van der Waals surface area contributed by atoms with Gasteiger partial charge in [0.05, 0.1) is 13.0 Å². The smallest absolute Gasteiger partial charge is 0.428 e. The number of benzene rings is 2. The molecule has 0 fully saturated rings. The first-order chi connectivity index (χ1) is 13.1. The Morgan fingerprint density at radius 2 is 2.07 bits per heavy atom. The van der Waals surface area contributed by atoms with Gasteiger partial charge in [-0.05, 0) is 31.2 Å². The van der Waals surface area contributed by atoms with Gasteiger partial charge in [-0.3, -0.25) is 4.79 Å². The normalized spacial score (nSPS) is 13.2. The molecule has 0 bridgehead atoms. The highest BCUT2D eigenvalue weighted by Crippen LogP contribution is 2.28. The van der Waals surface area contributed by atoms with Crippen molar-refractivity contribution in [1.29, 1.82) is 0 Å². The topological polar surface area (TPSA) is 109 Å². The fourth-order valence-corrected chi connectivity index (χ4v) is 2.59. The van der Waals surface area contributed by atoms with E-state index in [2.05, 4.69) is 15.8 Å². The van der Waals surface area contributed by atoms with E-state index in [9.17, 15) is 14.7 Å². The monoisotopic (exact) mass is 369 g/mol. The number of phenolic OH excluding ortho intramolecular Hbond substituents is 1. The predicted molar refractivity (Wildman–Crippen MR) is 99.1 cm³/mol. The van der Waals surface area contributed by atoms with Crippen LogP contribution in [0.5, 0.6) is 11.5 Å². The molecule has 1 aliphatic rings. The fraction of sp³-hybridized carbons (Fsp3) is 0.211. The molecule has 2 aromatic carbocycles. The van der Waals surface area contributed by atoms with Crippen LogP contribution in [-0.2, 0) is 16.0 Å². The lowest BCUT2D eigenvalue weighted by molar-refractivity contribution is -0.115. The summed E-state index contributed by atoms with van der Waals surface area (Å²) in [7, 11) is 0. The Morgan fingerprint density at radius 1 is 1.30 bits per heavy atom. The lowest BCUT2D eigenvalue weighted by Crippen LogP contribution is -2.30. The Balaban J connectivity index is 1.66. The van der Waals surface area contributed by atoms with Crippen LogP contribution in [0.2, 0.25) is 0 Å². The maximum Gasteiger partial charge on any atom is 0.428 e. The maximum absolute atomic E-state index is 12.3. The molecule has 0 unspecified atom stereocenters. The van der Waals surface area contributed by atoms with Crippen molar-refractivity contribution < 1.29 is 24.2 Å². The summed E-state index contributed by atoms with van der Waals surface area (Å²) in [6.07, 6.45) is -0.603. The standard InChI is InChI=1S/C19H19N3O5/c1-2-26-17-5-3-4-16(23)14(17)10-18(24)20-13-8-6-12(7-9-13)15-11-27-19(25)22-21-15/h3-9,23H,2,10-11H2,1H3,(H,20,24)(H,22,25). The summed E-state index contributed by atoms with van der Waals surface area (Å²) in [5, 5.41) is 16.7. The van der Waals surface area contributed by atoms with Crippen molar-refractivity contribution in [3.63, 3.8) is 0 Å². The number of cyclic esters (lactones) is 1. The lowest BCUT2D eigenvalue weighted by atomic mass is 10.1. The van der Waals surface area contributed by atoms with Gasteiger partial charge in [0.1, 0.15) is 23.8 Å². The summed E-state index contributed by atoms with van der Waals surface area (Å²) in [5.74, 6) is 0.222. The van der Waals surface area contributed by atoms with E-state index in [1.807, 2.05) is 6.92 Å². The summed E-state index contributed by atoms with van der Waals surface area (Å²) in [6.45, 7) is 2.36. The van der Waals surface area contributed by atoms with Crippen LogP contribution in [0.3, 0.4) is 0 Å². The van der Waals surface area contributed by atoms with Crippen molar-refractivity contribution in [2.75, 3.05) is 18.5 Å². The van der Waals surface area contributed by atoms with Crippen molar-refractivity contribution in [3.8, 4) is 11.5 Å². The highest BCUT2D eigenvalue weighted by Gasteiger charge is 2.15. The molecule has 140 valence electrons. The first-order valence-corrected chi connectivity index (χ1v) is 8.40. The Kier molecular flexibility index (Phi) is 5.55. The molecule has 8 heteroatoms. The SMILES string of the molecule is CCOc1cccc(O)c1CC(=O)Nc1ccc(C2=NNC(=O)OC2)cc1. The molecule has 1 aliphatic heterocycles. The van der Waals surface area contributed by atoms with E-state index in [-0.39, 0.29) is 24.7 Å². The quantitative estimate of drug-likeness (QED) is 0.724. The molecule has 2 aromatic rings. The molecule has 0 aromatic heterocycles. The molecular formula is C19H19N3O5. The molecule has 0 saturated heterocycles. The number of carbonyl (C=O) groups is 2. The number of aromatic hydroxyl groups is 1. The van der Waals surface area contributed by atoms with Gasteiger partial charge in [-0.15, -0.1) is 0 Å². The van der Waals surface area contributed by atoms with Crippen LogP contribution in [0.1, 0.15) is 18.1 Å². The zero-order valence-corrected chi connectivity index (χ0v) is 14.7. The van der Waals surface area contributed by atoms with Crippen molar-refractivity contribution in [2.45, 2.75) is 13.3 Å². The van der Waals surface area contributed by atoms with Gasteiger partial charge in [-0.25, -0.2) is 10.2 Å². The van der Waals surface area contributed by atoms with Crippen LogP contribution in [-0.4, -0.2) is 36.0 Å². The van der Waals surface area contributed by atoms with E-state index in [1.165, 1.54) is 6.07 Å². The molecule has 3 N–H and O–H groups in total. The van der Waals surface area contributed by atoms with Gasteiger partial charge in [0.2, 0.25) is 5.91 Å². The third-order valence-corrected chi connectivity index (χ3v) is 3.87. The highest BCUT2D eigenvalue weighted by molar-refractivity contribution is 6.04. The average molecular weight is 369 g/mol. The first kappa shape index (κ1) is 18.2. The second-order valence-corrected chi connectivity index (χ2v) is 5.74. The van der Waals surface area contributed by atoms with Crippen molar-refractivity contribution >= 4 is 23.4 Å². The first-order valence-electron chi connectivity index (χ1n) is 8.40. The minimum Gasteiger partial charge on any atom is -0.508 e. The zero-order chi connectivity index (χ0) is 19.2. The Hall–Kier alpha value is -3.55. The maximum atomic E-state index is 12.3. The number of amides is 2. The number of nitrogens with one attached hydrogen (secondary N) is 2. The molecule has 0 radical (unpaired) electrons. The summed E-state index contributed by atoms with van der Waals surface area (Å²) in [4.78, 5) is 23.3. The van der Waals surface area contributed by atoms with Crippen LogP contribution in [0, 0.1) is 0 Å². The van der Waals surface area contributed by atoms with Crippen LogP contribution in [0.4, 0.5) is 10.5 Å². The second kappa shape index (κ2) is 8.22. The largest absolute Gasteiger partial charge is 0.508 e. The number of hydrogen-bond acceptors (Lipinski definition) is 6. The van der Waals surface area contributed by atoms with E-state index in [0.717, 1.165) is 5.56 Å². The minimum absolute atomic E-state index is 0.0174. The van der Waals surface area contributed by atoms with E-state index in [0.29, 0.717) is 29.3 Å². The number of rotatable bonds is 6. The lowest BCUT2D eigenvalue weighted by Gasteiger charge is -2.14. The number of ether oxygens (including phenoxy) is 2. The number of carbonyl (C=O) groups excluding carboxylic acids is 2. The van der Waals surface area contributed by atoms with Gasteiger partial charge in [0.25, 0.3) is 0 Å². The molecule has 27 heavy (non-hydrogen) atoms. The molecule has 1 heterocycles. The Bertz CT molecular complexity index is 877. The van der Waals surface area contributed by atoms with Crippen LogP contribution in [0.15, 0.2) is 47.6 Å². The van der Waals surface area contributed by atoms with Crippen LogP contribution >= 0.6 is 0 Å². The summed E-state index contributed by atoms with van der Waals surface area (Å²) >= 11 is 0. The summed E-state index contributed by atoms with van der Waals surface area (Å²) in [6, 6.07) is 11.9. The van der Waals surface area contributed by atoms with E-state index in [1.54, 1.807) is 36.4 Å². The van der Waals surface area contributed by atoms with Gasteiger partial charge in [0.15, 0.2) is 0 Å². The molecule has 0 spiro atoms. The van der Waals surface area contributed by atoms with Gasteiger partial charge >= 0.3 is 6.09 Å². The van der Waals surface area contributed by atoms with E-state index in [4.69, 9.17) is 9.47 Å². The fourth-order valence-electron chi connectivity index (χ4n) is 2.59. The average Bonchev–Trinajstić information content (AvgIpc) is 2.66. The van der Waals surface area contributed by atoms with Crippen LogP contribution in [0.25, 0.3) is 0 Å². The molecule has 0 aliphatic carbocycles. The van der Waals surface area contributed by atoms with Crippen molar-refractivity contribution in [3.05, 3.63) is 53.6 Å². The third kappa shape index (κ3) is 4.55. The van der Waals surface area contributed by atoms with Gasteiger partial charge < -0.3 is 19.9 Å². The van der Waals surface area contributed by atoms with Crippen LogP contribution < -0.4 is 15.5 Å². The van der Waals surface area contributed by atoms with Gasteiger partial charge in [-0.2, -0.15) is 5.10 Å². The highest BCUT2D eigenvalue weighted by atomic mass is 16.6. The Morgan fingerprint density at radius 3 is 2.74 bits per heavy atom. The second-order valence-electron chi connectivity index (χ2n) is 5.74. The molecule has 2 amide bonds. The number of anilines is 1. The van der Waals surface area contributed by atoms with Gasteiger partial charge in [0, 0.05) is 16.8 Å². The predicted octanol–water partition coefficient (Wildman–Crippen LogP) is 2.42. The number of hydrogen-bond donors (Lipinski definition) is 3. The third-order valence-electron chi connectivity index (χ3n) is 3.87. The van der Waals surface area contributed by atoms with Crippen molar-refractivity contribution in [1.82, 2.24) is 5.43 Å². The van der Waals surface area contributed by atoms with E-state index >= 15 is 0 Å². The molecular weight excluding hydrogens is 350 g/mol. The number of phenols is 1. The Labute approximate surface area is 155 Å². The van der Waals surface area contributed by atoms with Crippen molar-refractivity contribution in [2.24, 2.45) is 5.10 Å². The number of nitrogens with zero attached hydrogens (tertiary/aromatic N) is 1. The minimum atomic E-state index is -0.585. The summed E-state index contributed by atoms with van der Waals surface area (Å²) < 4.78 is 10.3. The molecule has 3 rings (SSSR count).